The highest BCUT2D eigenvalue weighted by Crippen LogP contribution is 2.35. The molecule has 0 fully saturated rings. The SMILES string of the molecule is CCOC(=O)c1c(N/C=C(\C#N)c2nc(-c3cccc(OC)c3)cs2)sc(C(=O)OC)c1C. The van der Waals surface area contributed by atoms with E-state index in [1.165, 1.54) is 24.6 Å². The van der Waals surface area contributed by atoms with E-state index >= 15 is 0 Å². The summed E-state index contributed by atoms with van der Waals surface area (Å²) < 4.78 is 15.2. The topological polar surface area (TPSA) is 111 Å². The fourth-order valence-corrected chi connectivity index (χ4v) is 4.82. The zero-order valence-electron chi connectivity index (χ0n) is 18.4. The van der Waals surface area contributed by atoms with Crippen LogP contribution < -0.4 is 10.1 Å². The van der Waals surface area contributed by atoms with E-state index in [0.29, 0.717) is 27.0 Å². The number of allylic oxidation sites excluding steroid dienone is 1. The molecule has 0 aliphatic carbocycles. The van der Waals surface area contributed by atoms with Crippen LogP contribution in [0, 0.1) is 18.3 Å². The molecule has 2 aromatic heterocycles. The van der Waals surface area contributed by atoms with Gasteiger partial charge in [-0.1, -0.05) is 12.1 Å². The summed E-state index contributed by atoms with van der Waals surface area (Å²) in [5, 5.41) is 15.4. The maximum Gasteiger partial charge on any atom is 0.348 e. The van der Waals surface area contributed by atoms with Gasteiger partial charge in [0.05, 0.1) is 32.1 Å². The number of thiophene rings is 1. The first-order chi connectivity index (χ1) is 15.9. The fourth-order valence-electron chi connectivity index (χ4n) is 2.94. The van der Waals surface area contributed by atoms with E-state index in [2.05, 4.69) is 16.4 Å². The van der Waals surface area contributed by atoms with Crippen LogP contribution in [0.1, 0.15) is 37.5 Å². The van der Waals surface area contributed by atoms with Crippen LogP contribution in [0.15, 0.2) is 35.8 Å². The Morgan fingerprint density at radius 1 is 1.27 bits per heavy atom. The summed E-state index contributed by atoms with van der Waals surface area (Å²) >= 11 is 2.37. The van der Waals surface area contributed by atoms with Gasteiger partial charge in [0.15, 0.2) is 0 Å². The number of anilines is 1. The molecule has 0 radical (unpaired) electrons. The average Bonchev–Trinajstić information content (AvgIpc) is 3.44. The Bertz CT molecular complexity index is 1250. The molecule has 8 nitrogen and oxygen atoms in total. The third kappa shape index (κ3) is 5.22. The lowest BCUT2D eigenvalue weighted by Gasteiger charge is -2.05. The molecule has 1 aromatic carbocycles. The van der Waals surface area contributed by atoms with Crippen molar-refractivity contribution in [2.45, 2.75) is 13.8 Å². The van der Waals surface area contributed by atoms with E-state index in [0.717, 1.165) is 16.9 Å². The molecule has 2 heterocycles. The molecule has 0 aliphatic heterocycles. The first kappa shape index (κ1) is 24.0. The van der Waals surface area contributed by atoms with Gasteiger partial charge in [0, 0.05) is 17.1 Å². The average molecular weight is 484 g/mol. The van der Waals surface area contributed by atoms with Gasteiger partial charge in [-0.2, -0.15) is 5.26 Å². The monoisotopic (exact) mass is 483 g/mol. The molecule has 0 saturated carbocycles. The zero-order valence-corrected chi connectivity index (χ0v) is 20.1. The molecular weight excluding hydrogens is 462 g/mol. The second kappa shape index (κ2) is 10.8. The molecule has 170 valence electrons. The summed E-state index contributed by atoms with van der Waals surface area (Å²) in [4.78, 5) is 29.4. The normalized spacial score (nSPS) is 10.9. The maximum atomic E-state index is 12.5. The van der Waals surface area contributed by atoms with Gasteiger partial charge in [0.2, 0.25) is 0 Å². The van der Waals surface area contributed by atoms with Crippen molar-refractivity contribution in [3.63, 3.8) is 0 Å². The first-order valence-corrected chi connectivity index (χ1v) is 11.5. The van der Waals surface area contributed by atoms with Crippen molar-refractivity contribution in [1.29, 1.82) is 5.26 Å². The quantitative estimate of drug-likeness (QED) is 0.347. The maximum absolute atomic E-state index is 12.5. The highest BCUT2D eigenvalue weighted by molar-refractivity contribution is 7.18. The number of carbonyl (C=O) groups is 2. The molecule has 0 saturated heterocycles. The summed E-state index contributed by atoms with van der Waals surface area (Å²) in [5.74, 6) is -0.408. The minimum Gasteiger partial charge on any atom is -0.497 e. The summed E-state index contributed by atoms with van der Waals surface area (Å²) in [6.07, 6.45) is 1.46. The molecule has 0 atom stereocenters. The number of thiazole rings is 1. The molecule has 0 amide bonds. The number of aromatic nitrogens is 1. The van der Waals surface area contributed by atoms with Gasteiger partial charge < -0.3 is 19.5 Å². The van der Waals surface area contributed by atoms with Crippen LogP contribution in [0.5, 0.6) is 5.75 Å². The predicted molar refractivity (Wildman–Crippen MR) is 128 cm³/mol. The van der Waals surface area contributed by atoms with E-state index in [1.54, 1.807) is 21.0 Å². The number of nitrogens with one attached hydrogen (secondary N) is 1. The highest BCUT2D eigenvalue weighted by atomic mass is 32.1. The molecular formula is C23H21N3O5S2. The van der Waals surface area contributed by atoms with Gasteiger partial charge in [0.25, 0.3) is 0 Å². The van der Waals surface area contributed by atoms with Crippen molar-refractivity contribution in [3.8, 4) is 23.1 Å². The van der Waals surface area contributed by atoms with E-state index in [1.807, 2.05) is 29.6 Å². The molecule has 3 rings (SSSR count). The van der Waals surface area contributed by atoms with Gasteiger partial charge >= 0.3 is 11.9 Å². The van der Waals surface area contributed by atoms with Crippen molar-refractivity contribution < 1.29 is 23.8 Å². The number of ether oxygens (including phenoxy) is 3. The van der Waals surface area contributed by atoms with Gasteiger partial charge in [-0.05, 0) is 31.5 Å². The first-order valence-electron chi connectivity index (χ1n) is 9.79. The number of rotatable bonds is 8. The number of hydrogen-bond donors (Lipinski definition) is 1. The lowest BCUT2D eigenvalue weighted by Crippen LogP contribution is -2.08. The Kier molecular flexibility index (Phi) is 7.82. The fraction of sp³-hybridized carbons (Fsp3) is 0.217. The van der Waals surface area contributed by atoms with E-state index < -0.39 is 11.9 Å². The zero-order chi connectivity index (χ0) is 24.0. The van der Waals surface area contributed by atoms with Gasteiger partial charge in [-0.15, -0.1) is 22.7 Å². The third-order valence-electron chi connectivity index (χ3n) is 4.57. The molecule has 33 heavy (non-hydrogen) atoms. The molecule has 1 N–H and O–H groups in total. The van der Waals surface area contributed by atoms with E-state index in [4.69, 9.17) is 14.2 Å². The number of benzene rings is 1. The lowest BCUT2D eigenvalue weighted by atomic mass is 10.1. The number of nitrogens with zero attached hydrogens (tertiary/aromatic N) is 2. The van der Waals surface area contributed by atoms with Crippen LogP contribution in [-0.4, -0.2) is 37.7 Å². The smallest absolute Gasteiger partial charge is 0.348 e. The summed E-state index contributed by atoms with van der Waals surface area (Å²) in [6.45, 7) is 3.53. The number of carbonyl (C=O) groups excluding carboxylic acids is 2. The molecule has 0 bridgehead atoms. The summed E-state index contributed by atoms with van der Waals surface area (Å²) in [5.41, 5.74) is 2.53. The standard InChI is InChI=1S/C23H21N3O5S2/c1-5-31-22(27)18-13(2)19(23(28)30-4)33-21(18)25-11-15(10-24)20-26-17(12-32-20)14-7-6-8-16(9-14)29-3/h6-9,11-12,25H,5H2,1-4H3/b15-11+. The van der Waals surface area contributed by atoms with Gasteiger partial charge in [0.1, 0.15) is 32.3 Å². The number of nitriles is 1. The summed E-state index contributed by atoms with van der Waals surface area (Å²) in [6, 6.07) is 9.60. The van der Waals surface area contributed by atoms with E-state index in [-0.39, 0.29) is 22.6 Å². The van der Waals surface area contributed by atoms with Crippen LogP contribution in [0.3, 0.4) is 0 Å². The second-order valence-electron chi connectivity index (χ2n) is 6.56. The van der Waals surface area contributed by atoms with Crippen LogP contribution >= 0.6 is 22.7 Å². The minimum absolute atomic E-state index is 0.187. The van der Waals surface area contributed by atoms with E-state index in [9.17, 15) is 14.9 Å². The van der Waals surface area contributed by atoms with Crippen LogP contribution in [0.4, 0.5) is 5.00 Å². The van der Waals surface area contributed by atoms with Gasteiger partial charge in [-0.3, -0.25) is 0 Å². The largest absolute Gasteiger partial charge is 0.497 e. The molecule has 0 aliphatic rings. The number of esters is 2. The molecule has 0 unspecified atom stereocenters. The number of hydrogen-bond acceptors (Lipinski definition) is 10. The molecule has 3 aromatic rings. The Hall–Kier alpha value is -3.68. The van der Waals surface area contributed by atoms with Crippen molar-refractivity contribution in [2.75, 3.05) is 26.1 Å². The van der Waals surface area contributed by atoms with Crippen LogP contribution in [-0.2, 0) is 9.47 Å². The van der Waals surface area contributed by atoms with Crippen molar-refractivity contribution in [1.82, 2.24) is 4.98 Å². The molecule has 0 spiro atoms. The Balaban J connectivity index is 1.93. The second-order valence-corrected chi connectivity index (χ2v) is 8.44. The van der Waals surface area contributed by atoms with Crippen molar-refractivity contribution in [2.24, 2.45) is 0 Å². The minimum atomic E-state index is -0.564. The Morgan fingerprint density at radius 2 is 2.06 bits per heavy atom. The van der Waals surface area contributed by atoms with Crippen LogP contribution in [0.2, 0.25) is 0 Å². The molecule has 10 heteroatoms. The Labute approximate surface area is 199 Å². The van der Waals surface area contributed by atoms with Crippen molar-refractivity contribution in [3.05, 3.63) is 56.9 Å². The van der Waals surface area contributed by atoms with Crippen LogP contribution in [0.25, 0.3) is 16.8 Å². The predicted octanol–water partition coefficient (Wildman–Crippen LogP) is 5.13. The lowest BCUT2D eigenvalue weighted by molar-refractivity contribution is 0.0527. The van der Waals surface area contributed by atoms with Crippen molar-refractivity contribution >= 4 is 45.2 Å². The Morgan fingerprint density at radius 3 is 2.73 bits per heavy atom. The third-order valence-corrected chi connectivity index (χ3v) is 6.64. The van der Waals surface area contributed by atoms with Gasteiger partial charge in [-0.25, -0.2) is 14.6 Å². The summed E-state index contributed by atoms with van der Waals surface area (Å²) in [7, 11) is 2.87. The number of methoxy groups -OCH3 is 2. The highest BCUT2D eigenvalue weighted by Gasteiger charge is 2.26.